The number of aryl methyl sites for hydroxylation is 2. The molecule has 0 spiro atoms. The summed E-state index contributed by atoms with van der Waals surface area (Å²) in [5.74, 6) is -1.30. The maximum Gasteiger partial charge on any atom is 0.270 e. The van der Waals surface area contributed by atoms with E-state index in [4.69, 9.17) is 17.0 Å². The molecule has 0 unspecified atom stereocenters. The van der Waals surface area contributed by atoms with Gasteiger partial charge in [-0.2, -0.15) is 0 Å². The second-order valence-corrected chi connectivity index (χ2v) is 7.79. The first-order valence-electron chi connectivity index (χ1n) is 8.11. The molecule has 7 nitrogen and oxygen atoms in total. The van der Waals surface area contributed by atoms with Crippen molar-refractivity contribution in [1.29, 1.82) is 0 Å². The minimum Gasteiger partial charge on any atom is -0.865 e. The SMILES string of the molecule is COc1cc(/C=C2/SC(=S)N(c3ccc(C)c(C)c3)C2=O)cc([N+](=O)[O-])c1[O-]. The average Bonchev–Trinajstić information content (AvgIpc) is 2.92. The summed E-state index contributed by atoms with van der Waals surface area (Å²) in [4.78, 5) is 25.0. The van der Waals surface area contributed by atoms with Crippen LogP contribution in [0.15, 0.2) is 35.2 Å². The van der Waals surface area contributed by atoms with Gasteiger partial charge in [-0.3, -0.25) is 19.8 Å². The molecule has 1 fully saturated rings. The van der Waals surface area contributed by atoms with Crippen LogP contribution in [0.4, 0.5) is 11.4 Å². The fourth-order valence-electron chi connectivity index (χ4n) is 2.69. The van der Waals surface area contributed by atoms with Crippen molar-refractivity contribution in [3.63, 3.8) is 0 Å². The summed E-state index contributed by atoms with van der Waals surface area (Å²) >= 11 is 6.44. The minimum atomic E-state index is -0.813. The Labute approximate surface area is 170 Å². The molecule has 1 aliphatic rings. The second kappa shape index (κ2) is 7.61. The van der Waals surface area contributed by atoms with Crippen molar-refractivity contribution in [2.75, 3.05) is 12.0 Å². The molecule has 0 atom stereocenters. The van der Waals surface area contributed by atoms with E-state index in [1.807, 2.05) is 32.0 Å². The van der Waals surface area contributed by atoms with E-state index in [0.717, 1.165) is 29.0 Å². The molecular weight excluding hydrogens is 400 g/mol. The number of nitro groups is 1. The average molecular weight is 415 g/mol. The molecule has 2 aromatic carbocycles. The molecule has 144 valence electrons. The topological polar surface area (TPSA) is 95.7 Å². The molecule has 28 heavy (non-hydrogen) atoms. The van der Waals surface area contributed by atoms with Gasteiger partial charge in [-0.1, -0.05) is 30.0 Å². The van der Waals surface area contributed by atoms with Crippen LogP contribution in [0.1, 0.15) is 16.7 Å². The first-order valence-corrected chi connectivity index (χ1v) is 9.34. The first-order chi connectivity index (χ1) is 13.2. The highest BCUT2D eigenvalue weighted by atomic mass is 32.2. The Morgan fingerprint density at radius 3 is 2.54 bits per heavy atom. The number of benzene rings is 2. The van der Waals surface area contributed by atoms with Crippen molar-refractivity contribution in [3.05, 3.63) is 62.0 Å². The van der Waals surface area contributed by atoms with Crippen LogP contribution < -0.4 is 14.7 Å². The number of carbonyl (C=O) groups is 1. The van der Waals surface area contributed by atoms with Crippen LogP contribution in [0, 0.1) is 24.0 Å². The summed E-state index contributed by atoms with van der Waals surface area (Å²) in [7, 11) is 1.25. The predicted molar refractivity (Wildman–Crippen MR) is 111 cm³/mol. The number of anilines is 1. The van der Waals surface area contributed by atoms with E-state index < -0.39 is 16.4 Å². The van der Waals surface area contributed by atoms with Gasteiger partial charge in [-0.25, -0.2) is 0 Å². The Hall–Kier alpha value is -2.91. The van der Waals surface area contributed by atoms with Crippen molar-refractivity contribution >= 4 is 51.7 Å². The molecule has 9 heteroatoms. The lowest BCUT2D eigenvalue weighted by Crippen LogP contribution is -2.27. The molecule has 0 radical (unpaired) electrons. The van der Waals surface area contributed by atoms with Gasteiger partial charge in [0.25, 0.3) is 11.6 Å². The second-order valence-electron chi connectivity index (χ2n) is 6.11. The van der Waals surface area contributed by atoms with Crippen LogP contribution in [0.2, 0.25) is 0 Å². The van der Waals surface area contributed by atoms with E-state index in [-0.39, 0.29) is 11.7 Å². The van der Waals surface area contributed by atoms with Gasteiger partial charge >= 0.3 is 0 Å². The fourth-order valence-corrected chi connectivity index (χ4v) is 3.98. The normalized spacial score (nSPS) is 15.4. The van der Waals surface area contributed by atoms with E-state index in [1.165, 1.54) is 24.2 Å². The lowest BCUT2D eigenvalue weighted by atomic mass is 10.1. The molecular formula is C19H15N2O5S2-. The third kappa shape index (κ3) is 3.58. The molecule has 1 heterocycles. The van der Waals surface area contributed by atoms with E-state index in [1.54, 1.807) is 0 Å². The van der Waals surface area contributed by atoms with Gasteiger partial charge < -0.3 is 9.84 Å². The number of amides is 1. The summed E-state index contributed by atoms with van der Waals surface area (Å²) < 4.78 is 5.29. The van der Waals surface area contributed by atoms with Crippen molar-refractivity contribution in [2.24, 2.45) is 0 Å². The van der Waals surface area contributed by atoms with Gasteiger partial charge in [0.1, 0.15) is 5.75 Å². The Balaban J connectivity index is 2.01. The number of carbonyl (C=O) groups excluding carboxylic acids is 1. The Morgan fingerprint density at radius 2 is 1.93 bits per heavy atom. The zero-order valence-corrected chi connectivity index (χ0v) is 16.8. The molecule has 1 saturated heterocycles. The van der Waals surface area contributed by atoms with Gasteiger partial charge in [-0.05, 0) is 54.8 Å². The first kappa shape index (κ1) is 19.8. The molecule has 0 saturated carbocycles. The third-order valence-corrected chi connectivity index (χ3v) is 5.62. The summed E-state index contributed by atoms with van der Waals surface area (Å²) in [6, 6.07) is 8.08. The molecule has 0 aliphatic carbocycles. The van der Waals surface area contributed by atoms with E-state index in [9.17, 15) is 20.0 Å². The number of thiocarbonyl (C=S) groups is 1. The highest BCUT2D eigenvalue weighted by Crippen LogP contribution is 2.39. The van der Waals surface area contributed by atoms with Crippen LogP contribution in [0.5, 0.6) is 11.5 Å². The van der Waals surface area contributed by atoms with E-state index >= 15 is 0 Å². The summed E-state index contributed by atoms with van der Waals surface area (Å²) in [6.07, 6.45) is 1.47. The van der Waals surface area contributed by atoms with Crippen LogP contribution >= 0.6 is 24.0 Å². The van der Waals surface area contributed by atoms with Crippen molar-refractivity contribution in [1.82, 2.24) is 0 Å². The standard InChI is InChI=1S/C19H16N2O5S2/c1-10-4-5-13(6-11(10)2)20-18(23)16(28-19(20)27)9-12-7-14(21(24)25)17(22)15(8-12)26-3/h4-9,22H,1-3H3/p-1/b16-9+. The Bertz CT molecular complexity index is 1050. The van der Waals surface area contributed by atoms with Crippen molar-refractivity contribution in [3.8, 4) is 11.5 Å². The van der Waals surface area contributed by atoms with Gasteiger partial charge in [0.15, 0.2) is 4.32 Å². The zero-order valence-electron chi connectivity index (χ0n) is 15.2. The summed E-state index contributed by atoms with van der Waals surface area (Å²) in [5.41, 5.74) is 2.48. The molecule has 1 amide bonds. The van der Waals surface area contributed by atoms with Crippen LogP contribution in [0.25, 0.3) is 6.08 Å². The number of thioether (sulfide) groups is 1. The lowest BCUT2D eigenvalue weighted by Gasteiger charge is -2.16. The van der Waals surface area contributed by atoms with Crippen molar-refractivity contribution < 1.29 is 19.6 Å². The third-order valence-electron chi connectivity index (χ3n) is 4.31. The van der Waals surface area contributed by atoms with Crippen LogP contribution in [-0.4, -0.2) is 22.3 Å². The number of hydrogen-bond donors (Lipinski definition) is 0. The summed E-state index contributed by atoms with van der Waals surface area (Å²) in [5, 5.41) is 23.1. The highest BCUT2D eigenvalue weighted by molar-refractivity contribution is 8.27. The maximum atomic E-state index is 12.9. The minimum absolute atomic E-state index is 0.162. The quantitative estimate of drug-likeness (QED) is 0.325. The number of ether oxygens (including phenoxy) is 1. The zero-order chi connectivity index (χ0) is 20.6. The van der Waals surface area contributed by atoms with Gasteiger partial charge in [0, 0.05) is 11.8 Å². The smallest absolute Gasteiger partial charge is 0.270 e. The van der Waals surface area contributed by atoms with Crippen molar-refractivity contribution in [2.45, 2.75) is 13.8 Å². The largest absolute Gasteiger partial charge is 0.865 e. The molecule has 3 rings (SSSR count). The predicted octanol–water partition coefficient (Wildman–Crippen LogP) is 3.70. The maximum absolute atomic E-state index is 12.9. The van der Waals surface area contributed by atoms with Gasteiger partial charge in [0.05, 0.1) is 22.6 Å². The number of nitro benzene ring substituents is 1. The molecule has 0 N–H and O–H groups in total. The number of rotatable bonds is 4. The van der Waals surface area contributed by atoms with Crippen LogP contribution in [0.3, 0.4) is 0 Å². The van der Waals surface area contributed by atoms with Crippen LogP contribution in [-0.2, 0) is 4.79 Å². The molecule has 2 aromatic rings. The highest BCUT2D eigenvalue weighted by Gasteiger charge is 2.33. The molecule has 1 aliphatic heterocycles. The Kier molecular flexibility index (Phi) is 5.39. The number of methoxy groups -OCH3 is 1. The Morgan fingerprint density at radius 1 is 1.21 bits per heavy atom. The van der Waals surface area contributed by atoms with Gasteiger partial charge in [-0.15, -0.1) is 0 Å². The number of hydrogen-bond acceptors (Lipinski definition) is 7. The van der Waals surface area contributed by atoms with E-state index in [2.05, 4.69) is 0 Å². The fraction of sp³-hybridized carbons (Fsp3) is 0.158. The molecule has 0 bridgehead atoms. The van der Waals surface area contributed by atoms with Gasteiger partial charge in [0.2, 0.25) is 0 Å². The van der Waals surface area contributed by atoms with E-state index in [0.29, 0.717) is 20.5 Å². The monoisotopic (exact) mass is 415 g/mol. The lowest BCUT2D eigenvalue weighted by molar-refractivity contribution is -0.398. The molecule has 0 aromatic heterocycles. The summed E-state index contributed by atoms with van der Waals surface area (Å²) in [6.45, 7) is 3.92. The number of nitrogens with zero attached hydrogens (tertiary/aromatic N) is 2.